The molecular weight excluding hydrogens is 568 g/mol. The van der Waals surface area contributed by atoms with Crippen LogP contribution >= 0.6 is 0 Å². The van der Waals surface area contributed by atoms with Gasteiger partial charge in [0.15, 0.2) is 0 Å². The normalized spacial score (nSPS) is 20.8. The summed E-state index contributed by atoms with van der Waals surface area (Å²) >= 11 is 0. The summed E-state index contributed by atoms with van der Waals surface area (Å²) in [5.41, 5.74) is 4.08. The SMILES string of the molecule is CC[C@@]12C=C(C(=O)OCCC(=O)OCCOCCOCCOCCOCCO)n3c4c(c5ccccc53)CCN(CCC1)[C@H]42. The Labute approximate surface area is 259 Å². The van der Waals surface area contributed by atoms with Crippen LogP contribution in [0.4, 0.5) is 0 Å². The number of benzene rings is 1. The van der Waals surface area contributed by atoms with Crippen molar-refractivity contribution in [3.05, 3.63) is 41.6 Å². The fraction of sp³-hybridized carbons (Fsp3) is 0.636. The van der Waals surface area contributed by atoms with Crippen LogP contribution in [0, 0.1) is 5.41 Å². The van der Waals surface area contributed by atoms with Gasteiger partial charge in [0.1, 0.15) is 18.9 Å². The van der Waals surface area contributed by atoms with E-state index in [1.165, 1.54) is 16.6 Å². The van der Waals surface area contributed by atoms with Crippen LogP contribution in [-0.4, -0.2) is 112 Å². The maximum atomic E-state index is 13.6. The molecule has 0 radical (unpaired) electrons. The Kier molecular flexibility index (Phi) is 11.8. The standard InChI is InChI=1S/C33H46N2O9/c1-2-33-10-5-11-34-12-8-26-25-6-3-4-7-27(25)35(30(26)31(33)34)28(24-33)32(38)44-14-9-29(37)43-23-22-42-21-20-41-19-18-40-17-16-39-15-13-36/h3-4,6-7,24,31,36H,2,5,8-23H2,1H3/t31-,33+/m1/s1. The van der Waals surface area contributed by atoms with E-state index in [2.05, 4.69) is 40.7 Å². The number of rotatable bonds is 19. The zero-order valence-corrected chi connectivity index (χ0v) is 25.8. The van der Waals surface area contributed by atoms with Crippen LogP contribution in [0.5, 0.6) is 0 Å². The molecule has 1 aromatic carbocycles. The topological polar surface area (TPSA) is 118 Å². The number of carbonyl (C=O) groups is 2. The molecule has 4 heterocycles. The molecule has 1 fully saturated rings. The predicted molar refractivity (Wildman–Crippen MR) is 163 cm³/mol. The van der Waals surface area contributed by atoms with Gasteiger partial charge in [-0.15, -0.1) is 0 Å². The number of carbonyl (C=O) groups excluding carboxylic acids is 2. The van der Waals surface area contributed by atoms with E-state index >= 15 is 0 Å². The summed E-state index contributed by atoms with van der Waals surface area (Å²) in [6.07, 6.45) is 6.22. The number of nitrogens with zero attached hydrogens (tertiary/aromatic N) is 2. The first kappa shape index (κ1) is 32.6. The molecule has 1 saturated heterocycles. The van der Waals surface area contributed by atoms with Gasteiger partial charge in [-0.05, 0) is 49.9 Å². The molecule has 2 aromatic rings. The molecule has 0 aliphatic carbocycles. The minimum atomic E-state index is -0.438. The van der Waals surface area contributed by atoms with E-state index in [1.54, 1.807) is 0 Å². The summed E-state index contributed by atoms with van der Waals surface area (Å²) in [4.78, 5) is 28.5. The Hall–Kier alpha value is -2.80. The number of piperidine rings is 1. The molecule has 0 bridgehead atoms. The summed E-state index contributed by atoms with van der Waals surface area (Å²) in [5.74, 6) is -0.841. The number of hydrogen-bond acceptors (Lipinski definition) is 10. The molecule has 3 aliphatic rings. The van der Waals surface area contributed by atoms with Gasteiger partial charge in [-0.2, -0.15) is 0 Å². The zero-order valence-electron chi connectivity index (χ0n) is 25.8. The number of fused-ring (bicyclic) bond motifs is 3. The average molecular weight is 615 g/mol. The molecule has 0 spiro atoms. The summed E-state index contributed by atoms with van der Waals surface area (Å²) in [6.45, 7) is 7.55. The molecule has 242 valence electrons. The molecular formula is C33H46N2O9. The molecule has 2 atom stereocenters. The number of esters is 2. The third-order valence-corrected chi connectivity index (χ3v) is 8.84. The molecule has 11 nitrogen and oxygen atoms in total. The predicted octanol–water partition coefficient (Wildman–Crippen LogP) is 3.12. The highest BCUT2D eigenvalue weighted by atomic mass is 16.6. The molecule has 1 N–H and O–H groups in total. The lowest BCUT2D eigenvalue weighted by molar-refractivity contribution is -0.148. The second-order valence-electron chi connectivity index (χ2n) is 11.4. The minimum absolute atomic E-state index is 0.00394. The average Bonchev–Trinajstić information content (AvgIpc) is 3.39. The summed E-state index contributed by atoms with van der Waals surface area (Å²) < 4.78 is 34.3. The van der Waals surface area contributed by atoms with Gasteiger partial charge in [0.05, 0.1) is 77.4 Å². The van der Waals surface area contributed by atoms with Crippen LogP contribution < -0.4 is 0 Å². The molecule has 11 heteroatoms. The lowest BCUT2D eigenvalue weighted by atomic mass is 9.66. The number of para-hydroxylation sites is 1. The van der Waals surface area contributed by atoms with Crippen molar-refractivity contribution in [3.63, 3.8) is 0 Å². The van der Waals surface area contributed by atoms with E-state index in [0.29, 0.717) is 51.9 Å². The first-order valence-electron chi connectivity index (χ1n) is 15.9. The van der Waals surface area contributed by atoms with E-state index in [0.717, 1.165) is 44.3 Å². The summed E-state index contributed by atoms with van der Waals surface area (Å²) in [7, 11) is 0. The van der Waals surface area contributed by atoms with E-state index in [-0.39, 0.29) is 44.3 Å². The Balaban J connectivity index is 1.05. The van der Waals surface area contributed by atoms with E-state index < -0.39 is 11.9 Å². The lowest BCUT2D eigenvalue weighted by Crippen LogP contribution is -2.51. The number of aliphatic hydroxyl groups excluding tert-OH is 1. The van der Waals surface area contributed by atoms with Crippen molar-refractivity contribution in [2.75, 3.05) is 85.8 Å². The number of ether oxygens (including phenoxy) is 6. The Morgan fingerprint density at radius 2 is 1.57 bits per heavy atom. The molecule has 5 rings (SSSR count). The van der Waals surface area contributed by atoms with Gasteiger partial charge in [0.25, 0.3) is 0 Å². The van der Waals surface area contributed by atoms with Gasteiger partial charge in [-0.3, -0.25) is 9.69 Å². The molecule has 44 heavy (non-hydrogen) atoms. The zero-order chi connectivity index (χ0) is 30.8. The Morgan fingerprint density at radius 1 is 0.886 bits per heavy atom. The molecule has 0 saturated carbocycles. The smallest absolute Gasteiger partial charge is 0.355 e. The third-order valence-electron chi connectivity index (χ3n) is 8.84. The summed E-state index contributed by atoms with van der Waals surface area (Å²) in [6, 6.07) is 8.59. The Bertz CT molecular complexity index is 1290. The van der Waals surface area contributed by atoms with Crippen molar-refractivity contribution in [1.29, 1.82) is 0 Å². The monoisotopic (exact) mass is 614 g/mol. The van der Waals surface area contributed by atoms with Crippen LogP contribution in [0.1, 0.15) is 49.9 Å². The van der Waals surface area contributed by atoms with Crippen molar-refractivity contribution in [3.8, 4) is 0 Å². The van der Waals surface area contributed by atoms with Crippen molar-refractivity contribution in [2.45, 2.75) is 45.1 Å². The van der Waals surface area contributed by atoms with Crippen molar-refractivity contribution >= 4 is 28.5 Å². The number of aromatic nitrogens is 1. The molecule has 0 amide bonds. The van der Waals surface area contributed by atoms with Gasteiger partial charge >= 0.3 is 11.9 Å². The van der Waals surface area contributed by atoms with Gasteiger partial charge in [-0.1, -0.05) is 25.1 Å². The highest BCUT2D eigenvalue weighted by Crippen LogP contribution is 2.57. The maximum absolute atomic E-state index is 13.6. The van der Waals surface area contributed by atoms with Gasteiger partial charge in [0.2, 0.25) is 0 Å². The number of hydrogen-bond donors (Lipinski definition) is 1. The Morgan fingerprint density at radius 3 is 2.27 bits per heavy atom. The molecule has 3 aliphatic heterocycles. The van der Waals surface area contributed by atoms with Gasteiger partial charge in [0, 0.05) is 23.0 Å². The van der Waals surface area contributed by atoms with Crippen LogP contribution in [-0.2, 0) is 44.4 Å². The van der Waals surface area contributed by atoms with Crippen LogP contribution in [0.2, 0.25) is 0 Å². The van der Waals surface area contributed by atoms with E-state index in [4.69, 9.17) is 33.5 Å². The second-order valence-corrected chi connectivity index (χ2v) is 11.4. The fourth-order valence-corrected chi connectivity index (χ4v) is 6.84. The quantitative estimate of drug-likeness (QED) is 0.187. The lowest BCUT2D eigenvalue weighted by Gasteiger charge is -2.53. The van der Waals surface area contributed by atoms with Crippen LogP contribution in [0.3, 0.4) is 0 Å². The first-order valence-corrected chi connectivity index (χ1v) is 15.9. The highest BCUT2D eigenvalue weighted by Gasteiger charge is 2.51. The second kappa shape index (κ2) is 16.0. The van der Waals surface area contributed by atoms with Crippen LogP contribution in [0.15, 0.2) is 30.3 Å². The van der Waals surface area contributed by atoms with Crippen molar-refractivity contribution < 1.29 is 43.1 Å². The fourth-order valence-electron chi connectivity index (χ4n) is 6.84. The number of aliphatic hydroxyl groups is 1. The maximum Gasteiger partial charge on any atom is 0.355 e. The van der Waals surface area contributed by atoms with Gasteiger partial charge in [-0.25, -0.2) is 4.79 Å². The highest BCUT2D eigenvalue weighted by molar-refractivity contribution is 6.13. The molecule has 0 unspecified atom stereocenters. The largest absolute Gasteiger partial charge is 0.463 e. The third kappa shape index (κ3) is 7.35. The van der Waals surface area contributed by atoms with Crippen molar-refractivity contribution in [2.24, 2.45) is 5.41 Å². The first-order chi connectivity index (χ1) is 21.6. The van der Waals surface area contributed by atoms with Gasteiger partial charge < -0.3 is 38.1 Å². The van der Waals surface area contributed by atoms with Crippen molar-refractivity contribution in [1.82, 2.24) is 9.47 Å². The summed E-state index contributed by atoms with van der Waals surface area (Å²) in [5, 5.41) is 9.83. The van der Waals surface area contributed by atoms with E-state index in [1.807, 2.05) is 6.07 Å². The van der Waals surface area contributed by atoms with E-state index in [9.17, 15) is 9.59 Å². The minimum Gasteiger partial charge on any atom is -0.463 e. The van der Waals surface area contributed by atoms with Crippen LogP contribution in [0.25, 0.3) is 16.6 Å². The molecule has 1 aromatic heterocycles.